The molecular weight excluding hydrogens is 484 g/mol. The first-order valence-corrected chi connectivity index (χ1v) is 10.4. The van der Waals surface area contributed by atoms with E-state index in [1.165, 1.54) is 24.3 Å². The number of nitrogens with one attached hydrogen (secondary N) is 1. The number of ether oxygens (including phenoxy) is 1. The zero-order chi connectivity index (χ0) is 19.6. The van der Waals surface area contributed by atoms with E-state index < -0.39 is 15.8 Å². The Morgan fingerprint density at radius 2 is 1.59 bits per heavy atom. The van der Waals surface area contributed by atoms with Gasteiger partial charge in [0, 0.05) is 3.57 Å². The van der Waals surface area contributed by atoms with E-state index in [0.29, 0.717) is 11.4 Å². The van der Waals surface area contributed by atoms with Crippen molar-refractivity contribution in [2.45, 2.75) is 18.7 Å². The van der Waals surface area contributed by atoms with Gasteiger partial charge in [0.2, 0.25) is 0 Å². The number of hydrogen-bond acceptors (Lipinski definition) is 5. The third kappa shape index (κ3) is 4.53. The van der Waals surface area contributed by atoms with E-state index in [-0.39, 0.29) is 22.3 Å². The molecule has 9 heteroatoms. The van der Waals surface area contributed by atoms with Gasteiger partial charge in [-0.05, 0) is 72.8 Å². The van der Waals surface area contributed by atoms with Crippen molar-refractivity contribution < 1.29 is 17.5 Å². The van der Waals surface area contributed by atoms with Crippen LogP contribution in [0.5, 0.6) is 11.8 Å². The van der Waals surface area contributed by atoms with Gasteiger partial charge in [-0.25, -0.2) is 12.8 Å². The van der Waals surface area contributed by atoms with Crippen molar-refractivity contribution in [1.82, 2.24) is 9.97 Å². The van der Waals surface area contributed by atoms with E-state index >= 15 is 0 Å². The summed E-state index contributed by atoms with van der Waals surface area (Å²) >= 11 is 2.10. The lowest BCUT2D eigenvalue weighted by Gasteiger charge is -2.14. The van der Waals surface area contributed by atoms with Crippen molar-refractivity contribution in [2.24, 2.45) is 0 Å². The molecule has 0 bridgehead atoms. The predicted octanol–water partition coefficient (Wildman–Crippen LogP) is 4.43. The van der Waals surface area contributed by atoms with Crippen LogP contribution in [0.4, 0.5) is 10.1 Å². The second kappa shape index (κ2) is 7.77. The minimum atomic E-state index is -3.79. The highest BCUT2D eigenvalue weighted by Gasteiger charge is 2.19. The van der Waals surface area contributed by atoms with Crippen molar-refractivity contribution >= 4 is 38.3 Å². The summed E-state index contributed by atoms with van der Waals surface area (Å²) in [6.07, 6.45) is 0. The maximum atomic E-state index is 13.7. The average molecular weight is 499 g/mol. The SMILES string of the molecule is Cc1nc(Oc2ccccc2F)nc(C)c1NS(=O)(=O)c1ccc(I)cc1. The van der Waals surface area contributed by atoms with Gasteiger partial charge in [0.1, 0.15) is 0 Å². The molecule has 1 heterocycles. The van der Waals surface area contributed by atoms with Crippen LogP contribution < -0.4 is 9.46 Å². The molecule has 0 spiro atoms. The topological polar surface area (TPSA) is 81.2 Å². The minimum absolute atomic E-state index is 0.0106. The van der Waals surface area contributed by atoms with Gasteiger partial charge in [0.15, 0.2) is 11.6 Å². The summed E-state index contributed by atoms with van der Waals surface area (Å²) in [5.74, 6) is -0.552. The lowest BCUT2D eigenvalue weighted by molar-refractivity contribution is 0.409. The smallest absolute Gasteiger partial charge is 0.322 e. The Bertz CT molecular complexity index is 1070. The number of nitrogens with zero attached hydrogens (tertiary/aromatic N) is 2. The number of anilines is 1. The largest absolute Gasteiger partial charge is 0.421 e. The van der Waals surface area contributed by atoms with Crippen LogP contribution in [0.3, 0.4) is 0 Å². The van der Waals surface area contributed by atoms with Crippen LogP contribution in [0, 0.1) is 23.2 Å². The van der Waals surface area contributed by atoms with Gasteiger partial charge in [0.25, 0.3) is 10.0 Å². The highest BCUT2D eigenvalue weighted by atomic mass is 127. The molecule has 0 unspecified atom stereocenters. The highest BCUT2D eigenvalue weighted by Crippen LogP contribution is 2.26. The quantitative estimate of drug-likeness (QED) is 0.526. The van der Waals surface area contributed by atoms with Crippen LogP contribution in [0.25, 0.3) is 0 Å². The van der Waals surface area contributed by atoms with Crippen LogP contribution in [-0.4, -0.2) is 18.4 Å². The van der Waals surface area contributed by atoms with Crippen LogP contribution >= 0.6 is 22.6 Å². The Balaban J connectivity index is 1.89. The number of sulfonamides is 1. The zero-order valence-corrected chi connectivity index (χ0v) is 17.4. The summed E-state index contributed by atoms with van der Waals surface area (Å²) < 4.78 is 47.7. The highest BCUT2D eigenvalue weighted by molar-refractivity contribution is 14.1. The van der Waals surface area contributed by atoms with Gasteiger partial charge in [-0.2, -0.15) is 9.97 Å². The van der Waals surface area contributed by atoms with Gasteiger partial charge in [-0.3, -0.25) is 4.72 Å². The van der Waals surface area contributed by atoms with E-state index in [2.05, 4.69) is 37.3 Å². The first kappa shape index (κ1) is 19.5. The van der Waals surface area contributed by atoms with Gasteiger partial charge in [-0.1, -0.05) is 12.1 Å². The number of benzene rings is 2. The van der Waals surface area contributed by atoms with Crippen LogP contribution in [0.2, 0.25) is 0 Å². The fourth-order valence-electron chi connectivity index (χ4n) is 2.31. The number of para-hydroxylation sites is 1. The van der Waals surface area contributed by atoms with Crippen LogP contribution in [0.1, 0.15) is 11.4 Å². The Labute approximate surface area is 170 Å². The van der Waals surface area contributed by atoms with Gasteiger partial charge < -0.3 is 4.74 Å². The summed E-state index contributed by atoms with van der Waals surface area (Å²) in [7, 11) is -3.79. The molecule has 3 aromatic rings. The fraction of sp³-hybridized carbons (Fsp3) is 0.111. The molecular formula is C18H15FIN3O3S. The molecule has 27 heavy (non-hydrogen) atoms. The monoisotopic (exact) mass is 499 g/mol. The zero-order valence-electron chi connectivity index (χ0n) is 14.4. The minimum Gasteiger partial charge on any atom is -0.421 e. The Morgan fingerprint density at radius 1 is 1.00 bits per heavy atom. The molecule has 0 radical (unpaired) electrons. The van der Waals surface area contributed by atoms with Crippen LogP contribution in [-0.2, 0) is 10.0 Å². The average Bonchev–Trinajstić information content (AvgIpc) is 2.61. The molecule has 3 rings (SSSR count). The molecule has 0 aliphatic heterocycles. The summed E-state index contributed by atoms with van der Waals surface area (Å²) in [4.78, 5) is 8.40. The second-order valence-corrected chi connectivity index (χ2v) is 8.57. The number of aromatic nitrogens is 2. The molecule has 0 fully saturated rings. The van der Waals surface area contributed by atoms with Gasteiger partial charge in [0.05, 0.1) is 22.0 Å². The molecule has 1 aromatic heterocycles. The third-order valence-corrected chi connectivity index (χ3v) is 5.73. The summed E-state index contributed by atoms with van der Waals surface area (Å²) in [6, 6.07) is 12.3. The number of rotatable bonds is 5. The molecule has 0 saturated heterocycles. The number of aryl methyl sites for hydroxylation is 2. The molecule has 0 aliphatic rings. The van der Waals surface area contributed by atoms with Crippen molar-refractivity contribution in [3.8, 4) is 11.8 Å². The van der Waals surface area contributed by atoms with Crippen molar-refractivity contribution in [3.63, 3.8) is 0 Å². The van der Waals surface area contributed by atoms with Crippen LogP contribution in [0.15, 0.2) is 53.4 Å². The molecule has 1 N–H and O–H groups in total. The standard InChI is InChI=1S/C18H15FIN3O3S/c1-11-17(23-27(24,25)14-9-7-13(20)8-10-14)12(2)22-18(21-11)26-16-6-4-3-5-15(16)19/h3-10,23H,1-2H3. The van der Waals surface area contributed by atoms with E-state index in [9.17, 15) is 12.8 Å². The van der Waals surface area contributed by atoms with Gasteiger partial charge in [-0.15, -0.1) is 0 Å². The normalized spacial score (nSPS) is 11.3. The van der Waals surface area contributed by atoms with Crippen molar-refractivity contribution in [3.05, 3.63) is 69.3 Å². The molecule has 0 amide bonds. The fourth-order valence-corrected chi connectivity index (χ4v) is 3.85. The summed E-state index contributed by atoms with van der Waals surface area (Å²) in [5, 5.41) is 0. The molecule has 0 atom stereocenters. The first-order chi connectivity index (χ1) is 12.8. The second-order valence-electron chi connectivity index (χ2n) is 5.64. The third-order valence-electron chi connectivity index (χ3n) is 3.65. The van der Waals surface area contributed by atoms with E-state index in [1.54, 1.807) is 38.1 Å². The summed E-state index contributed by atoms with van der Waals surface area (Å²) in [5.41, 5.74) is 0.986. The molecule has 6 nitrogen and oxygen atoms in total. The Morgan fingerprint density at radius 3 is 2.19 bits per heavy atom. The lowest BCUT2D eigenvalue weighted by Crippen LogP contribution is -2.16. The molecule has 0 saturated carbocycles. The maximum Gasteiger partial charge on any atom is 0.322 e. The van der Waals surface area contributed by atoms with Gasteiger partial charge >= 0.3 is 6.01 Å². The number of hydrogen-bond donors (Lipinski definition) is 1. The summed E-state index contributed by atoms with van der Waals surface area (Å²) in [6.45, 7) is 3.24. The van der Waals surface area contributed by atoms with E-state index in [1.807, 2.05) is 0 Å². The Hall–Kier alpha value is -2.27. The number of halogens is 2. The maximum absolute atomic E-state index is 13.7. The van der Waals surface area contributed by atoms with Crippen molar-refractivity contribution in [2.75, 3.05) is 4.72 Å². The molecule has 0 aliphatic carbocycles. The first-order valence-electron chi connectivity index (χ1n) is 7.82. The lowest BCUT2D eigenvalue weighted by atomic mass is 10.3. The Kier molecular flexibility index (Phi) is 5.61. The van der Waals surface area contributed by atoms with E-state index in [4.69, 9.17) is 4.74 Å². The van der Waals surface area contributed by atoms with E-state index in [0.717, 1.165) is 3.57 Å². The van der Waals surface area contributed by atoms with Crippen molar-refractivity contribution in [1.29, 1.82) is 0 Å². The molecule has 140 valence electrons. The molecule has 2 aromatic carbocycles. The predicted molar refractivity (Wildman–Crippen MR) is 108 cm³/mol.